The second-order valence-electron chi connectivity index (χ2n) is 19.5. The van der Waals surface area contributed by atoms with Gasteiger partial charge in [-0.2, -0.15) is 0 Å². The summed E-state index contributed by atoms with van der Waals surface area (Å²) in [6, 6.07) is 10.2. The van der Waals surface area contributed by atoms with Crippen molar-refractivity contribution in [3.63, 3.8) is 0 Å². The van der Waals surface area contributed by atoms with Crippen LogP contribution in [0.3, 0.4) is 0 Å². The molecule has 0 N–H and O–H groups in total. The summed E-state index contributed by atoms with van der Waals surface area (Å²) in [5.41, 5.74) is -9.28. The number of carbonyl (C=O) groups is 1. The number of halogens is 15. The molecule has 2 saturated carbocycles. The molecule has 5 aromatic rings. The molecule has 71 heavy (non-hydrogen) atoms. The van der Waals surface area contributed by atoms with Gasteiger partial charge in [0.15, 0.2) is 59.6 Å². The molecule has 0 amide bonds. The summed E-state index contributed by atoms with van der Waals surface area (Å²) < 4.78 is 246. The minimum atomic E-state index is -6.62. The molecule has 0 aliphatic heterocycles. The summed E-state index contributed by atoms with van der Waals surface area (Å²) in [7, 11) is -4.44. The second kappa shape index (κ2) is 20.5. The molecule has 0 atom stereocenters. The van der Waals surface area contributed by atoms with Crippen LogP contribution in [-0.2, 0) is 4.65 Å². The molecule has 0 radical (unpaired) electrons. The first-order chi connectivity index (χ1) is 33.4. The van der Waals surface area contributed by atoms with Gasteiger partial charge in [0, 0.05) is 5.56 Å². The molecule has 0 aromatic heterocycles. The summed E-state index contributed by atoms with van der Waals surface area (Å²) in [6.45, 7) is 11.6. The average molecular weight is 1030 g/mol. The molecule has 0 spiro atoms. The molecule has 7 rings (SSSR count). The van der Waals surface area contributed by atoms with Crippen LogP contribution in [0.5, 0.6) is 0 Å². The van der Waals surface area contributed by atoms with Crippen molar-refractivity contribution in [2.45, 2.75) is 135 Å². The molecule has 0 saturated heterocycles. The van der Waals surface area contributed by atoms with Crippen LogP contribution in [0.25, 0.3) is 11.1 Å². The molecule has 0 unspecified atom stereocenters. The van der Waals surface area contributed by atoms with Gasteiger partial charge in [-0.3, -0.25) is 0 Å². The fourth-order valence-corrected chi connectivity index (χ4v) is 16.9. The van der Waals surface area contributed by atoms with Gasteiger partial charge in [-0.1, -0.05) is 101 Å². The Morgan fingerprint density at radius 2 is 0.775 bits per heavy atom. The molecule has 2 aliphatic rings. The third-order valence-corrected chi connectivity index (χ3v) is 19.8. The minimum absolute atomic E-state index is 0.00136. The smallest absolute Gasteiger partial charge is 0.410 e. The van der Waals surface area contributed by atoms with Crippen LogP contribution in [-0.4, -0.2) is 23.4 Å². The Morgan fingerprint density at radius 1 is 0.465 bits per heavy atom. The van der Waals surface area contributed by atoms with E-state index in [0.29, 0.717) is 49.7 Å². The number of benzene rings is 5. The van der Waals surface area contributed by atoms with Crippen LogP contribution < -0.4 is 21.7 Å². The first-order valence-electron chi connectivity index (χ1n) is 23.5. The monoisotopic (exact) mass is 1030 g/mol. The summed E-state index contributed by atoms with van der Waals surface area (Å²) in [5.74, 6) is -48.0. The quantitative estimate of drug-likeness (QED) is 0.0409. The molecule has 0 heterocycles. The lowest BCUT2D eigenvalue weighted by molar-refractivity contribution is 0.224. The largest absolute Gasteiger partial charge is 0.646 e. The van der Waals surface area contributed by atoms with Crippen LogP contribution in [0.4, 0.5) is 70.7 Å². The lowest BCUT2D eigenvalue weighted by Crippen LogP contribution is -2.75. The summed E-state index contributed by atoms with van der Waals surface area (Å²) in [5, 5.41) is 0.141. The summed E-state index contributed by atoms with van der Waals surface area (Å²) in [6.07, 6.45) is -3.42. The van der Waals surface area contributed by atoms with Crippen LogP contribution in [0.15, 0.2) is 36.4 Å². The lowest BCUT2D eigenvalue weighted by atomic mass is 9.27. The molecule has 2 nitrogen and oxygen atoms in total. The number of carbonyl (C=O) groups excluding carboxylic acids is 1. The van der Waals surface area contributed by atoms with E-state index in [4.69, 9.17) is 4.65 Å². The van der Waals surface area contributed by atoms with E-state index >= 15 is 57.5 Å². The van der Waals surface area contributed by atoms with Crippen molar-refractivity contribution in [1.82, 2.24) is 0 Å². The highest BCUT2D eigenvalue weighted by Crippen LogP contribution is 2.73. The zero-order valence-corrected chi connectivity index (χ0v) is 40.3. The van der Waals surface area contributed by atoms with Gasteiger partial charge in [0.2, 0.25) is 0 Å². The average Bonchev–Trinajstić information content (AvgIpc) is 3.35. The van der Waals surface area contributed by atoms with Crippen LogP contribution in [0.2, 0.25) is 0 Å². The third kappa shape index (κ3) is 8.62. The van der Waals surface area contributed by atoms with Gasteiger partial charge in [-0.05, 0) is 97.4 Å². The Bertz CT molecular complexity index is 2610. The summed E-state index contributed by atoms with van der Waals surface area (Å²) in [4.78, 5) is 16.7. The highest BCUT2D eigenvalue weighted by Gasteiger charge is 2.65. The fourth-order valence-electron chi connectivity index (χ4n) is 11.1. The predicted octanol–water partition coefficient (Wildman–Crippen LogP) is 14.9. The van der Waals surface area contributed by atoms with Crippen molar-refractivity contribution in [1.29, 1.82) is 0 Å². The Balaban J connectivity index is 1.77. The van der Waals surface area contributed by atoms with E-state index < -0.39 is 134 Å². The molecule has 382 valence electrons. The fraction of sp³-hybridized carbons (Fsp3) is 0.404. The maximum Gasteiger partial charge on any atom is 0.410 e. The van der Waals surface area contributed by atoms with E-state index in [9.17, 15) is 13.2 Å². The topological polar surface area (TPSA) is 26.3 Å². The van der Waals surface area contributed by atoms with E-state index in [-0.39, 0.29) is 48.7 Å². The Labute approximate surface area is 401 Å². The lowest BCUT2D eigenvalue weighted by Gasteiger charge is -2.48. The highest BCUT2D eigenvalue weighted by atomic mass is 31.2. The molecule has 19 heteroatoms. The second-order valence-corrected chi connectivity index (χ2v) is 23.4. The van der Waals surface area contributed by atoms with E-state index in [0.717, 1.165) is 16.7 Å². The van der Waals surface area contributed by atoms with Crippen molar-refractivity contribution in [3.05, 3.63) is 140 Å². The zero-order valence-electron chi connectivity index (χ0n) is 39.4. The molecule has 2 fully saturated rings. The minimum Gasteiger partial charge on any atom is -0.646 e. The maximum absolute atomic E-state index is 16.9. The van der Waals surface area contributed by atoms with E-state index in [1.54, 1.807) is 12.1 Å². The van der Waals surface area contributed by atoms with Gasteiger partial charge in [0.25, 0.3) is 6.35 Å². The van der Waals surface area contributed by atoms with Crippen molar-refractivity contribution in [2.75, 3.05) is 0 Å². The Kier molecular flexibility index (Phi) is 15.5. The van der Waals surface area contributed by atoms with E-state index in [1.165, 1.54) is 12.1 Å². The zero-order chi connectivity index (χ0) is 52.3. The van der Waals surface area contributed by atoms with Crippen molar-refractivity contribution >= 4 is 41.0 Å². The van der Waals surface area contributed by atoms with E-state index in [1.807, 2.05) is 53.7 Å². The van der Waals surface area contributed by atoms with Crippen LogP contribution in [0.1, 0.15) is 140 Å². The predicted molar refractivity (Wildman–Crippen MR) is 244 cm³/mol. The van der Waals surface area contributed by atoms with Gasteiger partial charge in [0.1, 0.15) is 40.2 Å². The highest BCUT2D eigenvalue weighted by molar-refractivity contribution is 7.98. The normalized spacial score (nSPS) is 15.4. The van der Waals surface area contributed by atoms with Gasteiger partial charge in [-0.25, -0.2) is 70.7 Å². The molecule has 0 bridgehead atoms. The maximum atomic E-state index is 16.9. The van der Waals surface area contributed by atoms with Gasteiger partial charge in [0.05, 0.1) is 11.3 Å². The third-order valence-electron chi connectivity index (χ3n) is 14.5. The van der Waals surface area contributed by atoms with Crippen molar-refractivity contribution in [3.8, 4) is 11.1 Å². The van der Waals surface area contributed by atoms with E-state index in [2.05, 4.69) is 0 Å². The Morgan fingerprint density at radius 3 is 1.08 bits per heavy atom. The van der Waals surface area contributed by atoms with Crippen molar-refractivity contribution < 1.29 is 75.3 Å². The number of hydrogen-bond donors (Lipinski definition) is 0. The molecular weight excluding hydrogens is 983 g/mol. The van der Waals surface area contributed by atoms with Gasteiger partial charge in [-0.15, -0.1) is 0 Å². The molecule has 2 aliphatic carbocycles. The first kappa shape index (κ1) is 53.8. The Hall–Kier alpha value is -4.99. The van der Waals surface area contributed by atoms with Crippen LogP contribution in [0, 0.1) is 87.3 Å². The van der Waals surface area contributed by atoms with Crippen LogP contribution >= 0.6 is 7.26 Å². The first-order valence-corrected chi connectivity index (χ1v) is 25.4. The molecule has 5 aromatic carbocycles. The number of hydrogen-bond acceptors (Lipinski definition) is 2. The van der Waals surface area contributed by atoms with Gasteiger partial charge >= 0.3 is 5.71 Å². The van der Waals surface area contributed by atoms with Crippen molar-refractivity contribution in [2.24, 2.45) is 0 Å². The van der Waals surface area contributed by atoms with Gasteiger partial charge < -0.3 is 4.65 Å². The standard InChI is InChI=1S/C52H49BF15O2P/c1-23(2)26-21-30(24(3)4)33(31(22-26)25(5)6)29-19-13-14-20-32(29)71(27-15-9-7-10-16-27,28-17-11-8-12-18-28)52(69)70-53(34-37(54)43(60)49(66)44(61)38(34)55,35-39(56)45(62)50(67)46(63)40(35)57)36-41(58)47(64)51(68)48(65)42(36)59/h13-14,19-25,27-28H,7-12,15-18H2,1-6H3. The number of rotatable bonds is 12. The molecular formula is C52H49BF15O2P. The SMILES string of the molecule is CC(C)c1cc(C(C)C)c(-c2ccccc2[P+](C(=O)O[B-](c2c(F)c(F)c(F)c(F)c2F)(c2c(F)c(F)c(F)c(F)c2F)c2c(F)c(F)c(F)c(F)c2F)(C2CCCCC2)C2CCCCC2)c(C(C)C)c1. The summed E-state index contributed by atoms with van der Waals surface area (Å²) >= 11 is 0.